The number of rotatable bonds is 15. The highest BCUT2D eigenvalue weighted by Gasteiger charge is 2.52. The zero-order valence-electron chi connectivity index (χ0n) is 32.3. The molecule has 0 saturated carbocycles. The first-order valence-electron chi connectivity index (χ1n) is 18.2. The molecule has 0 saturated heterocycles. The molecule has 0 aliphatic heterocycles. The number of hydrogen-bond acceptors (Lipinski definition) is 9. The van der Waals surface area contributed by atoms with Crippen LogP contribution in [0.25, 0.3) is 21.0 Å². The van der Waals surface area contributed by atoms with Crippen molar-refractivity contribution in [3.8, 4) is 16.5 Å². The number of fused-ring (bicyclic) bond motifs is 1. The van der Waals surface area contributed by atoms with Gasteiger partial charge < -0.3 is 18.7 Å². The zero-order valence-corrected chi connectivity index (χ0v) is 34.1. The minimum atomic E-state index is -3.67. The van der Waals surface area contributed by atoms with E-state index in [-0.39, 0.29) is 40.4 Å². The summed E-state index contributed by atoms with van der Waals surface area (Å²) in [7, 11) is -3.67. The summed E-state index contributed by atoms with van der Waals surface area (Å²) in [5.41, 5.74) is -2.47. The fourth-order valence-corrected chi connectivity index (χ4v) is 12.3. The SMILES string of the molecule is Cc1c(-c2ncco2)sc2c1c(=O)n(C(C)(C)C(=O)CC(C)(C)[Si](O)(c1ccccc1)c1ccccc1)c(=O)n2C[C@H](OC(C)C)c1ccccc1OC(F)F. The number of ether oxygens (including phenoxy) is 2. The number of aryl methyl sites for hydroxylation is 1. The van der Waals surface area contributed by atoms with Crippen molar-refractivity contribution in [2.75, 3.05) is 0 Å². The Kier molecular flexibility index (Phi) is 11.5. The first-order valence-corrected chi connectivity index (χ1v) is 21.0. The van der Waals surface area contributed by atoms with Crippen molar-refractivity contribution in [2.24, 2.45) is 0 Å². The number of thiophene rings is 1. The summed E-state index contributed by atoms with van der Waals surface area (Å²) in [6, 6.07) is 24.7. The van der Waals surface area contributed by atoms with E-state index in [4.69, 9.17) is 13.9 Å². The largest absolute Gasteiger partial charge is 0.444 e. The van der Waals surface area contributed by atoms with E-state index in [1.165, 1.54) is 36.9 Å². The van der Waals surface area contributed by atoms with Gasteiger partial charge in [-0.1, -0.05) is 92.7 Å². The number of carbonyl (C=O) groups excluding carboxylic acids is 1. The molecule has 3 aromatic carbocycles. The highest BCUT2D eigenvalue weighted by molar-refractivity contribution is 7.22. The number of aromatic nitrogens is 3. The predicted octanol–water partition coefficient (Wildman–Crippen LogP) is 7.18. The summed E-state index contributed by atoms with van der Waals surface area (Å²) in [4.78, 5) is 62.4. The molecule has 0 unspecified atom stereocenters. The summed E-state index contributed by atoms with van der Waals surface area (Å²) in [5, 5.41) is 0.562. The van der Waals surface area contributed by atoms with E-state index in [1.807, 2.05) is 74.5 Å². The van der Waals surface area contributed by atoms with Crippen molar-refractivity contribution >= 4 is 46.0 Å². The first-order chi connectivity index (χ1) is 26.5. The summed E-state index contributed by atoms with van der Waals surface area (Å²) < 4.78 is 46.2. The van der Waals surface area contributed by atoms with E-state index in [9.17, 15) is 28.0 Å². The van der Waals surface area contributed by atoms with E-state index < -0.39 is 54.7 Å². The van der Waals surface area contributed by atoms with Gasteiger partial charge in [0.2, 0.25) is 5.89 Å². The summed E-state index contributed by atoms with van der Waals surface area (Å²) in [5.74, 6) is -0.334. The van der Waals surface area contributed by atoms with Gasteiger partial charge in [-0.15, -0.1) is 11.3 Å². The van der Waals surface area contributed by atoms with Crippen LogP contribution in [0.1, 0.15) is 65.2 Å². The lowest BCUT2D eigenvalue weighted by Gasteiger charge is -2.42. The molecule has 10 nitrogen and oxygen atoms in total. The van der Waals surface area contributed by atoms with Gasteiger partial charge in [-0.3, -0.25) is 14.2 Å². The van der Waals surface area contributed by atoms with Crippen molar-refractivity contribution in [1.82, 2.24) is 14.1 Å². The third-order valence-corrected chi connectivity index (χ3v) is 16.1. The normalized spacial score (nSPS) is 13.1. The highest BCUT2D eigenvalue weighted by atomic mass is 32.1. The number of ketones is 1. The molecule has 3 aromatic heterocycles. The molecule has 1 atom stereocenters. The number of hydrogen-bond donors (Lipinski definition) is 1. The molecule has 0 spiro atoms. The van der Waals surface area contributed by atoms with E-state index in [0.29, 0.717) is 20.8 Å². The lowest BCUT2D eigenvalue weighted by Crippen LogP contribution is -2.66. The van der Waals surface area contributed by atoms with E-state index in [0.717, 1.165) is 15.9 Å². The van der Waals surface area contributed by atoms with Gasteiger partial charge >= 0.3 is 12.3 Å². The van der Waals surface area contributed by atoms with E-state index in [2.05, 4.69) is 4.98 Å². The summed E-state index contributed by atoms with van der Waals surface area (Å²) in [6.45, 7) is 8.67. The van der Waals surface area contributed by atoms with Crippen LogP contribution >= 0.6 is 11.3 Å². The Labute approximate surface area is 328 Å². The first kappa shape index (κ1) is 40.6. The van der Waals surface area contributed by atoms with Crippen molar-refractivity contribution in [2.45, 2.75) is 90.8 Å². The molecular weight excluding hydrogens is 757 g/mol. The van der Waals surface area contributed by atoms with Gasteiger partial charge in [0, 0.05) is 12.0 Å². The number of halogens is 2. The fourth-order valence-electron chi connectivity index (χ4n) is 7.38. The van der Waals surface area contributed by atoms with Crippen LogP contribution in [-0.2, 0) is 21.6 Å². The molecule has 6 rings (SSSR count). The second-order valence-corrected chi connectivity index (χ2v) is 20.1. The standard InChI is InChI=1S/C42H45F2N3O7SSi/c1-26(2)53-32(30-20-14-15-21-31(30)54-39(43)44)25-46-38-34(27(3)35(55-38)36-45-22-23-52-36)37(49)47(40(46)50)42(6,7)33(48)24-41(4,5)56(51,28-16-10-8-11-17-28)29-18-12-9-13-19-29/h8-23,26,32,39,51H,24-25H2,1-7H3/t32-/m0/s1. The molecule has 56 heavy (non-hydrogen) atoms. The maximum Gasteiger partial charge on any atom is 0.387 e. The number of alkyl halides is 2. The lowest BCUT2D eigenvalue weighted by molar-refractivity contribution is -0.127. The van der Waals surface area contributed by atoms with Gasteiger partial charge in [-0.05, 0) is 61.7 Å². The van der Waals surface area contributed by atoms with Crippen molar-refractivity contribution in [1.29, 1.82) is 0 Å². The van der Waals surface area contributed by atoms with Crippen LogP contribution < -0.4 is 26.4 Å². The summed E-state index contributed by atoms with van der Waals surface area (Å²) >= 11 is 1.12. The smallest absolute Gasteiger partial charge is 0.387 e. The molecule has 0 aliphatic rings. The molecular formula is C42H45F2N3O7SSi. The minimum absolute atomic E-state index is 0.125. The van der Waals surface area contributed by atoms with Crippen LogP contribution in [0.4, 0.5) is 8.78 Å². The Bertz CT molecular complexity index is 2400. The van der Waals surface area contributed by atoms with Crippen molar-refractivity contribution in [3.05, 3.63) is 129 Å². The molecule has 0 radical (unpaired) electrons. The molecule has 0 aliphatic carbocycles. The highest BCUT2D eigenvalue weighted by Crippen LogP contribution is 2.42. The van der Waals surface area contributed by atoms with Gasteiger partial charge in [-0.25, -0.2) is 14.3 Å². The third kappa shape index (κ3) is 7.45. The topological polar surface area (TPSA) is 126 Å². The predicted molar refractivity (Wildman–Crippen MR) is 216 cm³/mol. The summed E-state index contributed by atoms with van der Waals surface area (Å²) in [6.07, 6.45) is 1.27. The Morgan fingerprint density at radius 3 is 2.09 bits per heavy atom. The van der Waals surface area contributed by atoms with Gasteiger partial charge in [0.1, 0.15) is 28.5 Å². The van der Waals surface area contributed by atoms with Gasteiger partial charge in [0.05, 0.1) is 29.1 Å². The van der Waals surface area contributed by atoms with Crippen molar-refractivity contribution in [3.63, 3.8) is 0 Å². The maximum atomic E-state index is 15.0. The van der Waals surface area contributed by atoms with Crippen LogP contribution in [0.3, 0.4) is 0 Å². The van der Waals surface area contributed by atoms with Gasteiger partial charge in [-0.2, -0.15) is 8.78 Å². The Morgan fingerprint density at radius 1 is 0.946 bits per heavy atom. The molecule has 0 amide bonds. The van der Waals surface area contributed by atoms with Crippen LogP contribution in [0.2, 0.25) is 5.04 Å². The molecule has 3 heterocycles. The number of benzene rings is 3. The molecule has 14 heteroatoms. The van der Waals surface area contributed by atoms with Gasteiger partial charge in [0.25, 0.3) is 13.9 Å². The van der Waals surface area contributed by atoms with Crippen molar-refractivity contribution < 1.29 is 32.3 Å². The molecule has 294 valence electrons. The lowest BCUT2D eigenvalue weighted by atomic mass is 9.91. The molecule has 0 fully saturated rings. The number of para-hydroxylation sites is 1. The minimum Gasteiger partial charge on any atom is -0.444 e. The second kappa shape index (κ2) is 15.8. The second-order valence-electron chi connectivity index (χ2n) is 15.2. The quantitative estimate of drug-likeness (QED) is 0.108. The molecule has 1 N–H and O–H groups in total. The van der Waals surface area contributed by atoms with Crippen LogP contribution in [0.5, 0.6) is 5.75 Å². The van der Waals surface area contributed by atoms with E-state index in [1.54, 1.807) is 39.0 Å². The van der Waals surface area contributed by atoms with Crippen LogP contribution in [-0.4, -0.2) is 45.7 Å². The Hall–Kier alpha value is -5.02. The van der Waals surface area contributed by atoms with Crippen LogP contribution in [0.15, 0.2) is 111 Å². The third-order valence-electron chi connectivity index (χ3n) is 10.3. The fraction of sp³-hybridized carbons (Fsp3) is 0.333. The van der Waals surface area contributed by atoms with E-state index >= 15 is 0 Å². The number of nitrogens with zero attached hydrogens (tertiary/aromatic N) is 3. The Morgan fingerprint density at radius 2 is 1.54 bits per heavy atom. The number of oxazole rings is 1. The molecule has 0 bridgehead atoms. The van der Waals surface area contributed by atoms with Gasteiger partial charge in [0.15, 0.2) is 5.78 Å². The number of carbonyl (C=O) groups is 1. The monoisotopic (exact) mass is 801 g/mol. The maximum absolute atomic E-state index is 15.0. The average Bonchev–Trinajstić information content (AvgIpc) is 3.81. The number of Topliss-reactive ketones (excluding diaryl/α,β-unsaturated/α-hetero) is 1. The average molecular weight is 802 g/mol. The Balaban J connectivity index is 1.53. The zero-order chi connectivity index (χ0) is 40.6. The molecule has 6 aromatic rings. The van der Waals surface area contributed by atoms with Crippen LogP contribution in [0, 0.1) is 6.92 Å².